The molecule has 90 valence electrons. The third kappa shape index (κ3) is 2.77. The first-order chi connectivity index (χ1) is 7.47. The number of halogens is 2. The van der Waals surface area contributed by atoms with Crippen LogP contribution in [-0.2, 0) is 0 Å². The van der Waals surface area contributed by atoms with Crippen LogP contribution in [0.5, 0.6) is 0 Å². The summed E-state index contributed by atoms with van der Waals surface area (Å²) in [5.74, 6) is -1.81. The molecule has 0 aliphatic heterocycles. The molecule has 2 nitrogen and oxygen atoms in total. The SMILES string of the molecule is CC(C)C(O)C(CN)c1ccc(F)cc1F. The monoisotopic (exact) mass is 229 g/mol. The van der Waals surface area contributed by atoms with E-state index in [0.717, 1.165) is 6.07 Å². The summed E-state index contributed by atoms with van der Waals surface area (Å²) in [6.45, 7) is 3.78. The zero-order valence-electron chi connectivity index (χ0n) is 9.45. The maximum atomic E-state index is 13.5. The Labute approximate surface area is 94.1 Å². The van der Waals surface area contributed by atoms with E-state index in [-0.39, 0.29) is 18.0 Å². The van der Waals surface area contributed by atoms with E-state index in [2.05, 4.69) is 0 Å². The van der Waals surface area contributed by atoms with Crippen LogP contribution in [0.1, 0.15) is 25.3 Å². The molecule has 3 N–H and O–H groups in total. The zero-order chi connectivity index (χ0) is 12.3. The molecule has 1 aromatic rings. The maximum absolute atomic E-state index is 13.5. The second-order valence-corrected chi connectivity index (χ2v) is 4.24. The fourth-order valence-corrected chi connectivity index (χ4v) is 1.72. The van der Waals surface area contributed by atoms with Crippen LogP contribution < -0.4 is 5.73 Å². The summed E-state index contributed by atoms with van der Waals surface area (Å²) < 4.78 is 26.2. The van der Waals surface area contributed by atoms with Gasteiger partial charge >= 0.3 is 0 Å². The van der Waals surface area contributed by atoms with Gasteiger partial charge in [0.05, 0.1) is 6.10 Å². The first-order valence-corrected chi connectivity index (χ1v) is 5.30. The Hall–Kier alpha value is -1.00. The van der Waals surface area contributed by atoms with Gasteiger partial charge in [-0.05, 0) is 17.5 Å². The van der Waals surface area contributed by atoms with Gasteiger partial charge in [-0.3, -0.25) is 0 Å². The van der Waals surface area contributed by atoms with Gasteiger partial charge in [-0.1, -0.05) is 19.9 Å². The standard InChI is InChI=1S/C12H17F2NO/c1-7(2)12(16)10(6-15)9-4-3-8(13)5-11(9)14/h3-5,7,10,12,16H,6,15H2,1-2H3. The van der Waals surface area contributed by atoms with Crippen molar-refractivity contribution in [3.63, 3.8) is 0 Å². The summed E-state index contributed by atoms with van der Waals surface area (Å²) in [6, 6.07) is 3.33. The van der Waals surface area contributed by atoms with E-state index >= 15 is 0 Å². The van der Waals surface area contributed by atoms with Crippen molar-refractivity contribution in [3.8, 4) is 0 Å². The normalized spacial score (nSPS) is 15.2. The van der Waals surface area contributed by atoms with Crippen molar-refractivity contribution >= 4 is 0 Å². The van der Waals surface area contributed by atoms with Gasteiger partial charge < -0.3 is 10.8 Å². The zero-order valence-corrected chi connectivity index (χ0v) is 9.45. The van der Waals surface area contributed by atoms with Crippen molar-refractivity contribution < 1.29 is 13.9 Å². The second-order valence-electron chi connectivity index (χ2n) is 4.24. The lowest BCUT2D eigenvalue weighted by Crippen LogP contribution is -2.30. The molecule has 0 radical (unpaired) electrons. The number of aliphatic hydroxyl groups is 1. The molecule has 0 saturated carbocycles. The van der Waals surface area contributed by atoms with Crippen molar-refractivity contribution in [3.05, 3.63) is 35.4 Å². The molecule has 16 heavy (non-hydrogen) atoms. The van der Waals surface area contributed by atoms with Crippen molar-refractivity contribution in [2.45, 2.75) is 25.9 Å². The minimum Gasteiger partial charge on any atom is -0.392 e. The van der Waals surface area contributed by atoms with Gasteiger partial charge in [-0.25, -0.2) is 8.78 Å². The Balaban J connectivity index is 3.04. The average Bonchev–Trinajstić information content (AvgIpc) is 2.21. The van der Waals surface area contributed by atoms with Gasteiger partial charge in [0, 0.05) is 18.5 Å². The molecular weight excluding hydrogens is 212 g/mol. The van der Waals surface area contributed by atoms with Crippen LogP contribution >= 0.6 is 0 Å². The minimum atomic E-state index is -0.732. The molecule has 0 fully saturated rings. The van der Waals surface area contributed by atoms with Crippen LogP contribution in [-0.4, -0.2) is 17.8 Å². The lowest BCUT2D eigenvalue weighted by atomic mass is 9.87. The van der Waals surface area contributed by atoms with E-state index < -0.39 is 23.7 Å². The summed E-state index contributed by atoms with van der Waals surface area (Å²) in [5, 5.41) is 9.89. The molecule has 2 unspecified atom stereocenters. The molecule has 0 aromatic heterocycles. The van der Waals surface area contributed by atoms with Gasteiger partial charge in [-0.15, -0.1) is 0 Å². The highest BCUT2D eigenvalue weighted by Gasteiger charge is 2.25. The molecule has 2 atom stereocenters. The summed E-state index contributed by atoms with van der Waals surface area (Å²) >= 11 is 0. The average molecular weight is 229 g/mol. The van der Waals surface area contributed by atoms with Crippen LogP contribution in [0.15, 0.2) is 18.2 Å². The third-order valence-electron chi connectivity index (χ3n) is 2.71. The Morgan fingerprint density at radius 2 is 1.94 bits per heavy atom. The van der Waals surface area contributed by atoms with Gasteiger partial charge in [-0.2, -0.15) is 0 Å². The van der Waals surface area contributed by atoms with Crippen molar-refractivity contribution in [1.29, 1.82) is 0 Å². The first-order valence-electron chi connectivity index (χ1n) is 5.30. The molecule has 0 spiro atoms. The quantitative estimate of drug-likeness (QED) is 0.829. The summed E-state index contributed by atoms with van der Waals surface area (Å²) in [6.07, 6.45) is -0.732. The van der Waals surface area contributed by atoms with Gasteiger partial charge in [0.15, 0.2) is 0 Å². The Kier molecular flexibility index (Phi) is 4.38. The topological polar surface area (TPSA) is 46.2 Å². The summed E-state index contributed by atoms with van der Waals surface area (Å²) in [5.41, 5.74) is 5.80. The first kappa shape index (κ1) is 13.1. The molecule has 1 rings (SSSR count). The lowest BCUT2D eigenvalue weighted by molar-refractivity contribution is 0.0972. The summed E-state index contributed by atoms with van der Waals surface area (Å²) in [7, 11) is 0. The molecule has 0 aliphatic rings. The Morgan fingerprint density at radius 3 is 2.38 bits per heavy atom. The third-order valence-corrected chi connectivity index (χ3v) is 2.71. The number of benzene rings is 1. The molecule has 1 aromatic carbocycles. The minimum absolute atomic E-state index is 0.0296. The van der Waals surface area contributed by atoms with Crippen molar-refractivity contribution in [2.24, 2.45) is 11.7 Å². The van der Waals surface area contributed by atoms with Crippen molar-refractivity contribution in [1.82, 2.24) is 0 Å². The van der Waals surface area contributed by atoms with Gasteiger partial charge in [0.2, 0.25) is 0 Å². The highest BCUT2D eigenvalue weighted by Crippen LogP contribution is 2.26. The predicted octanol–water partition coefficient (Wildman–Crippen LogP) is 2.02. The van der Waals surface area contributed by atoms with E-state index in [1.807, 2.05) is 13.8 Å². The van der Waals surface area contributed by atoms with E-state index in [4.69, 9.17) is 5.73 Å². The molecular formula is C12H17F2NO. The number of nitrogens with two attached hydrogens (primary N) is 1. The Bertz CT molecular complexity index is 355. The molecule has 4 heteroatoms. The van der Waals surface area contributed by atoms with E-state index in [0.29, 0.717) is 0 Å². The van der Waals surface area contributed by atoms with Crippen LogP contribution in [0.2, 0.25) is 0 Å². The number of aliphatic hydroxyl groups excluding tert-OH is 1. The Morgan fingerprint density at radius 1 is 1.31 bits per heavy atom. The van der Waals surface area contributed by atoms with Crippen LogP contribution in [0.3, 0.4) is 0 Å². The van der Waals surface area contributed by atoms with Gasteiger partial charge in [0.1, 0.15) is 11.6 Å². The highest BCUT2D eigenvalue weighted by molar-refractivity contribution is 5.24. The lowest BCUT2D eigenvalue weighted by Gasteiger charge is -2.25. The fourth-order valence-electron chi connectivity index (χ4n) is 1.72. The van der Waals surface area contributed by atoms with Crippen LogP contribution in [0.4, 0.5) is 8.78 Å². The fraction of sp³-hybridized carbons (Fsp3) is 0.500. The second kappa shape index (κ2) is 5.37. The molecule has 0 saturated heterocycles. The largest absolute Gasteiger partial charge is 0.392 e. The van der Waals surface area contributed by atoms with E-state index in [1.54, 1.807) is 0 Å². The molecule has 0 aliphatic carbocycles. The van der Waals surface area contributed by atoms with Crippen molar-refractivity contribution in [2.75, 3.05) is 6.54 Å². The van der Waals surface area contributed by atoms with E-state index in [1.165, 1.54) is 12.1 Å². The number of hydrogen-bond donors (Lipinski definition) is 2. The maximum Gasteiger partial charge on any atom is 0.129 e. The van der Waals surface area contributed by atoms with E-state index in [9.17, 15) is 13.9 Å². The number of rotatable bonds is 4. The predicted molar refractivity (Wildman–Crippen MR) is 59.0 cm³/mol. The molecule has 0 bridgehead atoms. The van der Waals surface area contributed by atoms with Crippen LogP contribution in [0, 0.1) is 17.6 Å². The molecule has 0 amide bonds. The molecule has 0 heterocycles. The van der Waals surface area contributed by atoms with Gasteiger partial charge in [0.25, 0.3) is 0 Å². The smallest absolute Gasteiger partial charge is 0.129 e. The van der Waals surface area contributed by atoms with Crippen LogP contribution in [0.25, 0.3) is 0 Å². The highest BCUT2D eigenvalue weighted by atomic mass is 19.1. The summed E-state index contributed by atoms with van der Waals surface area (Å²) in [4.78, 5) is 0. The number of hydrogen-bond acceptors (Lipinski definition) is 2.